The lowest BCUT2D eigenvalue weighted by Crippen LogP contribution is -2.48. The highest BCUT2D eigenvalue weighted by Crippen LogP contribution is 2.54. The zero-order valence-corrected chi connectivity index (χ0v) is 19.9. The molecule has 0 aromatic heterocycles. The number of carbonyl (C=O) groups is 1. The van der Waals surface area contributed by atoms with Gasteiger partial charge in [-0.05, 0) is 48.3 Å². The van der Waals surface area contributed by atoms with Crippen LogP contribution in [0.25, 0.3) is 0 Å². The van der Waals surface area contributed by atoms with E-state index in [0.717, 1.165) is 57.2 Å². The molecule has 0 amide bonds. The molecular weight excluding hydrogens is 416 g/mol. The van der Waals surface area contributed by atoms with Gasteiger partial charge in [-0.2, -0.15) is 0 Å². The fraction of sp³-hybridized carbons (Fsp3) is 0.667. The number of nitrogens with zero attached hydrogens (tertiary/aromatic N) is 2. The second-order valence-corrected chi connectivity index (χ2v) is 11.1. The Balaban J connectivity index is 1.07. The predicted octanol–water partition coefficient (Wildman–Crippen LogP) is 3.85. The Kier molecular flexibility index (Phi) is 5.41. The quantitative estimate of drug-likeness (QED) is 0.511. The van der Waals surface area contributed by atoms with Crippen LogP contribution in [0.1, 0.15) is 45.1 Å². The summed E-state index contributed by atoms with van der Waals surface area (Å²) in [6, 6.07) is 6.23. The molecule has 2 aliphatic carbocycles. The number of benzene rings is 1. The van der Waals surface area contributed by atoms with E-state index < -0.39 is 0 Å². The molecule has 6 rings (SSSR count). The van der Waals surface area contributed by atoms with E-state index in [-0.39, 0.29) is 29.3 Å². The molecule has 1 aromatic carbocycles. The van der Waals surface area contributed by atoms with Crippen LogP contribution in [0.15, 0.2) is 29.8 Å². The van der Waals surface area contributed by atoms with Crippen molar-refractivity contribution < 1.29 is 19.0 Å². The molecule has 5 aliphatic rings. The molecule has 33 heavy (non-hydrogen) atoms. The lowest BCUT2D eigenvalue weighted by atomic mass is 9.59. The fourth-order valence-electron chi connectivity index (χ4n) is 6.96. The largest absolute Gasteiger partial charge is 0.461 e. The van der Waals surface area contributed by atoms with Crippen molar-refractivity contribution in [3.63, 3.8) is 0 Å². The van der Waals surface area contributed by atoms with Gasteiger partial charge in [0.2, 0.25) is 6.79 Å². The van der Waals surface area contributed by atoms with Crippen molar-refractivity contribution in [2.24, 2.45) is 23.2 Å². The van der Waals surface area contributed by atoms with Crippen molar-refractivity contribution in [3.8, 4) is 11.5 Å². The van der Waals surface area contributed by atoms with E-state index in [2.05, 4.69) is 41.9 Å². The first-order valence-electron chi connectivity index (χ1n) is 12.7. The van der Waals surface area contributed by atoms with Crippen LogP contribution in [0, 0.1) is 23.2 Å². The minimum atomic E-state index is -0.0124. The Bertz CT molecular complexity index is 953. The molecule has 178 valence electrons. The van der Waals surface area contributed by atoms with Crippen molar-refractivity contribution in [3.05, 3.63) is 35.4 Å². The number of carbonyl (C=O) groups excluding carboxylic acids is 1. The average molecular weight is 453 g/mol. The van der Waals surface area contributed by atoms with E-state index >= 15 is 0 Å². The first kappa shape index (κ1) is 21.5. The number of allylic oxidation sites excluding steroid dienone is 1. The predicted molar refractivity (Wildman–Crippen MR) is 125 cm³/mol. The van der Waals surface area contributed by atoms with Crippen LogP contribution in [-0.4, -0.2) is 61.4 Å². The van der Waals surface area contributed by atoms with Gasteiger partial charge in [0.15, 0.2) is 11.5 Å². The molecule has 0 N–H and O–H groups in total. The second-order valence-electron chi connectivity index (χ2n) is 11.1. The molecule has 0 unspecified atom stereocenters. The molecule has 5 atom stereocenters. The normalized spacial score (nSPS) is 36.2. The summed E-state index contributed by atoms with van der Waals surface area (Å²) in [6.45, 7) is 10.8. The number of ether oxygens (including phenoxy) is 3. The number of rotatable bonds is 4. The molecule has 3 fully saturated rings. The van der Waals surface area contributed by atoms with Crippen LogP contribution in [0.2, 0.25) is 0 Å². The molecule has 6 heteroatoms. The second kappa shape index (κ2) is 8.31. The summed E-state index contributed by atoms with van der Waals surface area (Å²) in [6.07, 6.45) is 7.38. The maximum atomic E-state index is 12.9. The SMILES string of the molecule is C[C@@H]1CCC[C@@]2(C)C[C@H]3OC(=O)[C@H](CN4CCN(Cc5ccc6c(c5)OCO6)CC4)[C@@H]3C=C12. The summed E-state index contributed by atoms with van der Waals surface area (Å²) >= 11 is 0. The monoisotopic (exact) mass is 452 g/mol. The lowest BCUT2D eigenvalue weighted by molar-refractivity contribution is -0.145. The molecule has 3 heterocycles. The maximum absolute atomic E-state index is 12.9. The lowest BCUT2D eigenvalue weighted by Gasteiger charge is -2.46. The highest BCUT2D eigenvalue weighted by Gasteiger charge is 2.52. The summed E-state index contributed by atoms with van der Waals surface area (Å²) in [5.41, 5.74) is 3.09. The summed E-state index contributed by atoms with van der Waals surface area (Å²) in [5, 5.41) is 0. The standard InChI is InChI=1S/C27H36N2O4/c1-18-4-3-7-27(2)14-25-20(13-22(18)27)21(26(30)33-25)16-29-10-8-28(9-11-29)15-19-5-6-23-24(12-19)32-17-31-23/h5-6,12-13,18,20-21,25H,3-4,7-11,14-17H2,1-2H3/t18-,20+,21-,25-,27+/m1/s1. The Labute approximate surface area is 196 Å². The average Bonchev–Trinajstić information content (AvgIpc) is 3.37. The molecule has 0 radical (unpaired) electrons. The third-order valence-corrected chi connectivity index (χ3v) is 8.84. The van der Waals surface area contributed by atoms with Gasteiger partial charge in [-0.1, -0.05) is 38.0 Å². The zero-order chi connectivity index (χ0) is 22.6. The molecule has 1 aromatic rings. The minimum Gasteiger partial charge on any atom is -0.461 e. The van der Waals surface area contributed by atoms with Crippen LogP contribution in [0.5, 0.6) is 11.5 Å². The van der Waals surface area contributed by atoms with Crippen molar-refractivity contribution in [2.45, 2.75) is 52.2 Å². The molecular formula is C27H36N2O4. The molecule has 0 bridgehead atoms. The Hall–Kier alpha value is -2.05. The van der Waals surface area contributed by atoms with Crippen LogP contribution in [-0.2, 0) is 16.1 Å². The van der Waals surface area contributed by atoms with Gasteiger partial charge < -0.3 is 14.2 Å². The summed E-state index contributed by atoms with van der Waals surface area (Å²) in [4.78, 5) is 17.9. The van der Waals surface area contributed by atoms with Crippen molar-refractivity contribution in [2.75, 3.05) is 39.5 Å². The number of fused-ring (bicyclic) bond motifs is 3. The topological polar surface area (TPSA) is 51.2 Å². The van der Waals surface area contributed by atoms with E-state index in [1.54, 1.807) is 5.57 Å². The Morgan fingerprint density at radius 1 is 1.09 bits per heavy atom. The van der Waals surface area contributed by atoms with Gasteiger partial charge in [-0.15, -0.1) is 0 Å². The molecule has 1 saturated carbocycles. The third kappa shape index (κ3) is 3.95. The van der Waals surface area contributed by atoms with E-state index in [1.165, 1.54) is 24.8 Å². The number of hydrogen-bond acceptors (Lipinski definition) is 6. The smallest absolute Gasteiger partial charge is 0.311 e. The highest BCUT2D eigenvalue weighted by atomic mass is 16.7. The Morgan fingerprint density at radius 3 is 2.73 bits per heavy atom. The first-order chi connectivity index (χ1) is 16.0. The van der Waals surface area contributed by atoms with E-state index in [9.17, 15) is 4.79 Å². The van der Waals surface area contributed by atoms with Crippen molar-refractivity contribution >= 4 is 5.97 Å². The summed E-state index contributed by atoms with van der Waals surface area (Å²) in [7, 11) is 0. The van der Waals surface area contributed by atoms with Gasteiger partial charge in [0.05, 0.1) is 5.92 Å². The van der Waals surface area contributed by atoms with Gasteiger partial charge in [-0.3, -0.25) is 14.6 Å². The number of hydrogen-bond donors (Lipinski definition) is 0. The fourth-order valence-corrected chi connectivity index (χ4v) is 6.96. The maximum Gasteiger partial charge on any atom is 0.311 e. The van der Waals surface area contributed by atoms with Gasteiger partial charge in [-0.25, -0.2) is 0 Å². The minimum absolute atomic E-state index is 0.0124. The molecule has 6 nitrogen and oxygen atoms in total. The van der Waals surface area contributed by atoms with E-state index in [0.29, 0.717) is 12.7 Å². The third-order valence-electron chi connectivity index (χ3n) is 8.84. The van der Waals surface area contributed by atoms with E-state index in [4.69, 9.17) is 14.2 Å². The van der Waals surface area contributed by atoms with Crippen LogP contribution in [0.3, 0.4) is 0 Å². The van der Waals surface area contributed by atoms with Crippen LogP contribution in [0.4, 0.5) is 0 Å². The van der Waals surface area contributed by atoms with Gasteiger partial charge in [0.1, 0.15) is 6.10 Å². The highest BCUT2D eigenvalue weighted by molar-refractivity contribution is 5.76. The van der Waals surface area contributed by atoms with Gasteiger partial charge in [0, 0.05) is 45.2 Å². The van der Waals surface area contributed by atoms with E-state index in [1.807, 2.05) is 6.07 Å². The summed E-state index contributed by atoms with van der Waals surface area (Å²) in [5.74, 6) is 2.60. The number of piperazine rings is 1. The van der Waals surface area contributed by atoms with Crippen molar-refractivity contribution in [1.82, 2.24) is 9.80 Å². The molecule has 2 saturated heterocycles. The van der Waals surface area contributed by atoms with Crippen LogP contribution >= 0.6 is 0 Å². The van der Waals surface area contributed by atoms with Gasteiger partial charge in [0.25, 0.3) is 0 Å². The molecule has 0 spiro atoms. The van der Waals surface area contributed by atoms with Crippen LogP contribution < -0.4 is 9.47 Å². The Morgan fingerprint density at radius 2 is 1.88 bits per heavy atom. The molecule has 3 aliphatic heterocycles. The van der Waals surface area contributed by atoms with Crippen molar-refractivity contribution in [1.29, 1.82) is 0 Å². The zero-order valence-electron chi connectivity index (χ0n) is 19.9. The first-order valence-corrected chi connectivity index (χ1v) is 12.7. The van der Waals surface area contributed by atoms with Gasteiger partial charge >= 0.3 is 5.97 Å². The summed E-state index contributed by atoms with van der Waals surface area (Å²) < 4.78 is 16.9. The number of esters is 1.